The van der Waals surface area contributed by atoms with E-state index in [0.29, 0.717) is 4.88 Å². The lowest BCUT2D eigenvalue weighted by atomic mass is 9.44. The van der Waals surface area contributed by atoms with E-state index in [9.17, 15) is 19.5 Å². The number of hydrogen-bond acceptors (Lipinski definition) is 8. The fourth-order valence-electron chi connectivity index (χ4n) is 8.12. The number of fused-ring (bicyclic) bond motifs is 5. The minimum absolute atomic E-state index is 0.0249. The van der Waals surface area contributed by atoms with Gasteiger partial charge in [0.05, 0.1) is 11.9 Å². The molecule has 4 aliphatic carbocycles. The van der Waals surface area contributed by atoms with Crippen LogP contribution in [-0.4, -0.2) is 63.0 Å². The molecule has 5 rings (SSSR count). The highest BCUT2D eigenvalue weighted by Crippen LogP contribution is 2.72. The first-order chi connectivity index (χ1) is 18.9. The van der Waals surface area contributed by atoms with Crippen LogP contribution >= 0.6 is 23.1 Å². The number of allylic oxidation sites excluding steroid dienone is 4. The Hall–Kier alpha value is -2.32. The zero-order chi connectivity index (χ0) is 29.1. The van der Waals surface area contributed by atoms with Crippen LogP contribution in [0.4, 0.5) is 8.78 Å². The summed E-state index contributed by atoms with van der Waals surface area (Å²) in [6.07, 6.45) is 0.299. The van der Waals surface area contributed by atoms with E-state index in [1.165, 1.54) is 30.4 Å². The Balaban J connectivity index is 1.61. The van der Waals surface area contributed by atoms with Crippen molar-refractivity contribution in [1.82, 2.24) is 0 Å². The molecule has 0 saturated heterocycles. The van der Waals surface area contributed by atoms with Crippen LogP contribution in [0.2, 0.25) is 0 Å². The summed E-state index contributed by atoms with van der Waals surface area (Å²) in [6, 6.07) is 3.28. The highest BCUT2D eigenvalue weighted by molar-refractivity contribution is 8.14. The number of hydrogen-bond donors (Lipinski definition) is 2. The van der Waals surface area contributed by atoms with Gasteiger partial charge >= 0.3 is 5.97 Å². The normalized spacial score (nSPS) is 41.6. The SMILES string of the molecule is C[C@@H]1C[C@H]2[C@@H]3C[C@H](F)C4=CC(=O)C=C[C@]4(C)[C@@]3(F)[C@@H](O)C[C@]2(C)[C@@]1(OC(=O)c1cccs1)C(=O)SCC#CCO. The minimum atomic E-state index is -2.31. The number of aliphatic hydroxyl groups excluding tert-OH is 2. The van der Waals surface area contributed by atoms with Crippen LogP contribution in [0, 0.1) is 40.4 Å². The van der Waals surface area contributed by atoms with E-state index in [1.54, 1.807) is 31.4 Å². The molecule has 0 amide bonds. The summed E-state index contributed by atoms with van der Waals surface area (Å²) in [5, 5.41) is 21.9. The molecular formula is C30H32F2O6S2. The first kappa shape index (κ1) is 29.2. The Kier molecular flexibility index (Phi) is 7.44. The van der Waals surface area contributed by atoms with Crippen molar-refractivity contribution in [1.29, 1.82) is 0 Å². The maximum Gasteiger partial charge on any atom is 0.349 e. The number of ether oxygens (including phenoxy) is 1. The van der Waals surface area contributed by atoms with Crippen LogP contribution in [0.15, 0.2) is 41.3 Å². The number of carbonyl (C=O) groups is 3. The molecule has 0 aliphatic heterocycles. The van der Waals surface area contributed by atoms with Gasteiger partial charge in [0.2, 0.25) is 5.12 Å². The third kappa shape index (κ3) is 3.92. The van der Waals surface area contributed by atoms with E-state index >= 15 is 8.78 Å². The maximum atomic E-state index is 17.5. The van der Waals surface area contributed by atoms with Crippen molar-refractivity contribution in [2.45, 2.75) is 63.6 Å². The van der Waals surface area contributed by atoms with E-state index in [4.69, 9.17) is 9.84 Å². The molecule has 3 fully saturated rings. The van der Waals surface area contributed by atoms with Crippen LogP contribution in [0.3, 0.4) is 0 Å². The molecule has 1 aromatic heterocycles. The molecule has 40 heavy (non-hydrogen) atoms. The van der Waals surface area contributed by atoms with E-state index in [0.717, 1.165) is 17.8 Å². The summed E-state index contributed by atoms with van der Waals surface area (Å²) in [5.41, 5.74) is -6.80. The van der Waals surface area contributed by atoms with Crippen molar-refractivity contribution in [3.63, 3.8) is 0 Å². The Morgan fingerprint density at radius 3 is 2.67 bits per heavy atom. The molecule has 0 radical (unpaired) electrons. The van der Waals surface area contributed by atoms with E-state index in [1.807, 2.05) is 0 Å². The fourth-order valence-corrected chi connectivity index (χ4v) is 9.72. The van der Waals surface area contributed by atoms with Crippen LogP contribution in [-0.2, 0) is 14.3 Å². The van der Waals surface area contributed by atoms with Crippen molar-refractivity contribution in [2.75, 3.05) is 12.4 Å². The molecule has 10 heteroatoms. The smallest absolute Gasteiger partial charge is 0.349 e. The first-order valence-electron chi connectivity index (χ1n) is 13.3. The molecule has 3 saturated carbocycles. The standard InChI is InChI=1S/C30H32F2O6S2/c1-17-13-19-20-15-22(31)21-14-18(34)8-9-27(21,2)29(20,32)24(35)16-28(19,3)30(17,26(37)40-11-5-4-10-33)38-25(36)23-7-6-12-39-23/h6-9,12,14,17,19-20,22,24,33,35H,10-11,13,15-16H2,1-3H3/t17-,19+,20+,22+,24+,27+,28+,29+,30+/m1/s1. The second-order valence-corrected chi connectivity index (χ2v) is 13.6. The van der Waals surface area contributed by atoms with Crippen LogP contribution in [0.5, 0.6) is 0 Å². The van der Waals surface area contributed by atoms with Gasteiger partial charge < -0.3 is 14.9 Å². The van der Waals surface area contributed by atoms with Gasteiger partial charge in [-0.05, 0) is 61.3 Å². The highest BCUT2D eigenvalue weighted by Gasteiger charge is 2.78. The second kappa shape index (κ2) is 10.2. The van der Waals surface area contributed by atoms with Gasteiger partial charge in [-0.15, -0.1) is 11.3 Å². The molecule has 0 aromatic carbocycles. The van der Waals surface area contributed by atoms with Crippen molar-refractivity contribution in [2.24, 2.45) is 28.6 Å². The minimum Gasteiger partial charge on any atom is -0.445 e. The van der Waals surface area contributed by atoms with E-state index in [-0.39, 0.29) is 37.2 Å². The summed E-state index contributed by atoms with van der Waals surface area (Å²) < 4.78 is 39.5. The van der Waals surface area contributed by atoms with Crippen molar-refractivity contribution in [3.05, 3.63) is 46.2 Å². The van der Waals surface area contributed by atoms with Crippen LogP contribution < -0.4 is 0 Å². The van der Waals surface area contributed by atoms with Crippen molar-refractivity contribution < 1.29 is 38.1 Å². The Morgan fingerprint density at radius 1 is 1.25 bits per heavy atom. The largest absolute Gasteiger partial charge is 0.445 e. The summed E-state index contributed by atoms with van der Waals surface area (Å²) in [4.78, 5) is 39.9. The maximum absolute atomic E-state index is 17.5. The van der Waals surface area contributed by atoms with Gasteiger partial charge in [-0.1, -0.05) is 49.6 Å². The Labute approximate surface area is 240 Å². The number of ketones is 1. The predicted octanol–water partition coefficient (Wildman–Crippen LogP) is 4.46. The summed E-state index contributed by atoms with van der Waals surface area (Å²) in [6.45, 7) is 4.67. The summed E-state index contributed by atoms with van der Waals surface area (Å²) in [5.74, 6) is 1.93. The number of alkyl halides is 2. The van der Waals surface area contributed by atoms with Gasteiger partial charge in [0.1, 0.15) is 17.7 Å². The third-order valence-electron chi connectivity index (χ3n) is 9.93. The van der Waals surface area contributed by atoms with E-state index < -0.39 is 69.0 Å². The van der Waals surface area contributed by atoms with Gasteiger partial charge in [-0.3, -0.25) is 9.59 Å². The number of aliphatic hydroxyl groups is 2. The topological polar surface area (TPSA) is 101 Å². The quantitative estimate of drug-likeness (QED) is 0.395. The molecule has 6 nitrogen and oxygen atoms in total. The number of rotatable bonds is 4. The van der Waals surface area contributed by atoms with Crippen LogP contribution in [0.1, 0.15) is 49.7 Å². The Bertz CT molecular complexity index is 1350. The molecular weight excluding hydrogens is 558 g/mol. The molecule has 0 bridgehead atoms. The van der Waals surface area contributed by atoms with Gasteiger partial charge in [-0.2, -0.15) is 0 Å². The van der Waals surface area contributed by atoms with Gasteiger partial charge in [0, 0.05) is 22.7 Å². The fraction of sp³-hybridized carbons (Fsp3) is 0.567. The van der Waals surface area contributed by atoms with Crippen molar-refractivity contribution >= 4 is 40.0 Å². The van der Waals surface area contributed by atoms with Gasteiger partial charge in [0.25, 0.3) is 0 Å². The summed E-state index contributed by atoms with van der Waals surface area (Å²) in [7, 11) is 0. The average Bonchev–Trinajstić information content (AvgIpc) is 3.52. The Morgan fingerprint density at radius 2 is 2.00 bits per heavy atom. The molecule has 1 aromatic rings. The predicted molar refractivity (Wildman–Crippen MR) is 148 cm³/mol. The molecule has 2 N–H and O–H groups in total. The lowest BCUT2D eigenvalue weighted by Gasteiger charge is -2.63. The van der Waals surface area contributed by atoms with Crippen molar-refractivity contribution in [3.8, 4) is 11.8 Å². The molecule has 4 aliphatic rings. The lowest BCUT2D eigenvalue weighted by Crippen LogP contribution is -2.70. The molecule has 0 unspecified atom stereocenters. The molecule has 0 spiro atoms. The zero-order valence-corrected chi connectivity index (χ0v) is 24.1. The van der Waals surface area contributed by atoms with E-state index in [2.05, 4.69) is 11.8 Å². The number of thioether (sulfide) groups is 1. The highest BCUT2D eigenvalue weighted by atomic mass is 32.2. The number of carbonyl (C=O) groups excluding carboxylic acids is 3. The third-order valence-corrected chi connectivity index (χ3v) is 11.6. The molecule has 1 heterocycles. The second-order valence-electron chi connectivity index (χ2n) is 11.7. The van der Waals surface area contributed by atoms with Gasteiger partial charge in [0.15, 0.2) is 17.1 Å². The number of thiophene rings is 1. The number of esters is 1. The average molecular weight is 591 g/mol. The summed E-state index contributed by atoms with van der Waals surface area (Å²) >= 11 is 2.02. The molecule has 214 valence electrons. The first-order valence-corrected chi connectivity index (χ1v) is 15.2. The molecule has 9 atom stereocenters. The monoisotopic (exact) mass is 590 g/mol. The van der Waals surface area contributed by atoms with Crippen LogP contribution in [0.25, 0.3) is 0 Å². The zero-order valence-electron chi connectivity index (χ0n) is 22.5. The number of halogens is 2. The lowest BCUT2D eigenvalue weighted by molar-refractivity contribution is -0.221. The van der Waals surface area contributed by atoms with Gasteiger partial charge in [-0.25, -0.2) is 13.6 Å².